The molecule has 0 radical (unpaired) electrons. The molecule has 0 fully saturated rings. The van der Waals surface area contributed by atoms with Crippen LogP contribution in [-0.4, -0.2) is 18.6 Å². The molecular formula is C9H12N2O3S. The Labute approximate surface area is 91.2 Å². The number of aryl methyl sites for hydroxylation is 1. The molecule has 5 nitrogen and oxygen atoms in total. The van der Waals surface area contributed by atoms with Gasteiger partial charge in [0.15, 0.2) is 0 Å². The van der Waals surface area contributed by atoms with Crippen molar-refractivity contribution < 1.29 is 14.3 Å². The van der Waals surface area contributed by atoms with Gasteiger partial charge in [-0.25, -0.2) is 4.79 Å². The number of hydrogen-bond acceptors (Lipinski definition) is 5. The van der Waals surface area contributed by atoms with Crippen molar-refractivity contribution in [3.05, 3.63) is 16.5 Å². The van der Waals surface area contributed by atoms with E-state index in [9.17, 15) is 9.59 Å². The fourth-order valence-electron chi connectivity index (χ4n) is 1.04. The third kappa shape index (κ3) is 2.95. The number of rotatable bonds is 2. The minimum absolute atomic E-state index is 0.220. The highest BCUT2D eigenvalue weighted by molar-refractivity contribution is 7.16. The van der Waals surface area contributed by atoms with Crippen LogP contribution in [0.4, 0.5) is 9.80 Å². The zero-order chi connectivity index (χ0) is 11.4. The average Bonchev–Trinajstić information content (AvgIpc) is 2.45. The summed E-state index contributed by atoms with van der Waals surface area (Å²) in [4.78, 5) is 23.4. The molecule has 0 saturated carbocycles. The third-order valence-electron chi connectivity index (χ3n) is 1.62. The van der Waals surface area contributed by atoms with Crippen LogP contribution in [0.15, 0.2) is 6.07 Å². The second kappa shape index (κ2) is 4.79. The van der Waals surface area contributed by atoms with Crippen LogP contribution >= 0.6 is 11.3 Å². The van der Waals surface area contributed by atoms with Crippen LogP contribution in [-0.2, 0) is 4.74 Å². The molecule has 6 heteroatoms. The number of anilines is 1. The van der Waals surface area contributed by atoms with Crippen molar-refractivity contribution in [3.63, 3.8) is 0 Å². The monoisotopic (exact) mass is 228 g/mol. The van der Waals surface area contributed by atoms with Crippen LogP contribution in [0.5, 0.6) is 0 Å². The fraction of sp³-hybridized carbons (Fsp3) is 0.333. The molecule has 0 unspecified atom stereocenters. The van der Waals surface area contributed by atoms with E-state index < -0.39 is 12.0 Å². The van der Waals surface area contributed by atoms with Crippen molar-refractivity contribution in [2.24, 2.45) is 0 Å². The molecule has 2 amide bonds. The Morgan fingerprint density at radius 2 is 2.27 bits per heavy atom. The average molecular weight is 228 g/mol. The molecule has 0 bridgehead atoms. The molecule has 0 aliphatic rings. The van der Waals surface area contributed by atoms with Gasteiger partial charge in [0.1, 0.15) is 0 Å². The lowest BCUT2D eigenvalue weighted by Gasteiger charge is -2.02. The van der Waals surface area contributed by atoms with E-state index >= 15 is 0 Å². The number of amides is 2. The zero-order valence-electron chi connectivity index (χ0n) is 8.49. The molecule has 1 rings (SSSR count). The number of nitrogens with two attached hydrogens (primary N) is 1. The zero-order valence-corrected chi connectivity index (χ0v) is 9.31. The number of ether oxygens (including phenoxy) is 1. The Hall–Kier alpha value is -1.56. The number of imide groups is 1. The van der Waals surface area contributed by atoms with Crippen molar-refractivity contribution in [3.8, 4) is 0 Å². The normalized spacial score (nSPS) is 9.73. The molecule has 0 aliphatic heterocycles. The second-order valence-corrected chi connectivity index (χ2v) is 4.10. The summed E-state index contributed by atoms with van der Waals surface area (Å²) in [6, 6.07) is 1.63. The van der Waals surface area contributed by atoms with Crippen LogP contribution < -0.4 is 11.1 Å². The summed E-state index contributed by atoms with van der Waals surface area (Å²) in [5.74, 6) is -0.532. The first kappa shape index (κ1) is 11.5. The van der Waals surface area contributed by atoms with E-state index in [1.165, 1.54) is 11.3 Å². The Kier molecular flexibility index (Phi) is 3.68. The standard InChI is InChI=1S/C9H12N2O3S/c1-3-14-9(13)11-8(12)6-4-5(2)15-7(6)10/h4H,3,10H2,1-2H3,(H,11,12,13). The van der Waals surface area contributed by atoms with Crippen LogP contribution in [0, 0.1) is 6.92 Å². The Morgan fingerprint density at radius 1 is 1.60 bits per heavy atom. The smallest absolute Gasteiger partial charge is 0.414 e. The van der Waals surface area contributed by atoms with Gasteiger partial charge in [-0.3, -0.25) is 10.1 Å². The van der Waals surface area contributed by atoms with Gasteiger partial charge in [0, 0.05) is 4.88 Å². The third-order valence-corrected chi connectivity index (χ3v) is 2.50. The molecule has 1 heterocycles. The molecule has 15 heavy (non-hydrogen) atoms. The summed E-state index contributed by atoms with van der Waals surface area (Å²) in [7, 11) is 0. The maximum atomic E-state index is 11.5. The van der Waals surface area contributed by atoms with Crippen molar-refractivity contribution in [2.45, 2.75) is 13.8 Å². The van der Waals surface area contributed by atoms with Gasteiger partial charge in [-0.05, 0) is 19.9 Å². The largest absolute Gasteiger partial charge is 0.450 e. The maximum Gasteiger partial charge on any atom is 0.414 e. The van der Waals surface area contributed by atoms with Gasteiger partial charge < -0.3 is 10.5 Å². The minimum Gasteiger partial charge on any atom is -0.450 e. The van der Waals surface area contributed by atoms with E-state index in [1.807, 2.05) is 6.92 Å². The minimum atomic E-state index is -0.759. The first-order valence-electron chi connectivity index (χ1n) is 4.38. The number of carbonyl (C=O) groups is 2. The molecule has 0 aliphatic carbocycles. The maximum absolute atomic E-state index is 11.5. The van der Waals surface area contributed by atoms with E-state index in [4.69, 9.17) is 5.73 Å². The molecule has 0 atom stereocenters. The molecule has 0 aromatic carbocycles. The quantitative estimate of drug-likeness (QED) is 0.804. The molecule has 1 aromatic rings. The molecule has 0 saturated heterocycles. The van der Waals surface area contributed by atoms with E-state index in [2.05, 4.69) is 10.1 Å². The molecule has 82 valence electrons. The van der Waals surface area contributed by atoms with Gasteiger partial charge in [0.25, 0.3) is 5.91 Å². The molecule has 3 N–H and O–H groups in total. The highest BCUT2D eigenvalue weighted by Gasteiger charge is 2.15. The second-order valence-electron chi connectivity index (χ2n) is 2.81. The lowest BCUT2D eigenvalue weighted by Crippen LogP contribution is -2.31. The van der Waals surface area contributed by atoms with Gasteiger partial charge in [-0.1, -0.05) is 0 Å². The molecular weight excluding hydrogens is 216 g/mol. The van der Waals surface area contributed by atoms with E-state index in [-0.39, 0.29) is 6.61 Å². The van der Waals surface area contributed by atoms with Gasteiger partial charge in [0.05, 0.1) is 17.2 Å². The van der Waals surface area contributed by atoms with Crippen LogP contribution in [0.2, 0.25) is 0 Å². The SMILES string of the molecule is CCOC(=O)NC(=O)c1cc(C)sc1N. The Bertz CT molecular complexity index is 387. The summed E-state index contributed by atoms with van der Waals surface area (Å²) < 4.78 is 4.57. The van der Waals surface area contributed by atoms with E-state index in [0.717, 1.165) is 4.88 Å². The number of hydrogen-bond donors (Lipinski definition) is 2. The van der Waals surface area contributed by atoms with Crippen molar-refractivity contribution in [1.82, 2.24) is 5.32 Å². The molecule has 1 aromatic heterocycles. The van der Waals surface area contributed by atoms with E-state index in [1.54, 1.807) is 13.0 Å². The summed E-state index contributed by atoms with van der Waals surface area (Å²) in [5, 5.41) is 2.48. The number of carbonyl (C=O) groups excluding carboxylic acids is 2. The van der Waals surface area contributed by atoms with Crippen molar-refractivity contribution in [1.29, 1.82) is 0 Å². The number of alkyl carbamates (subject to hydrolysis) is 1. The van der Waals surface area contributed by atoms with Gasteiger partial charge >= 0.3 is 6.09 Å². The lowest BCUT2D eigenvalue weighted by molar-refractivity contribution is 0.0926. The van der Waals surface area contributed by atoms with Crippen LogP contribution in [0.3, 0.4) is 0 Å². The fourth-order valence-corrected chi connectivity index (χ4v) is 1.82. The van der Waals surface area contributed by atoms with Crippen LogP contribution in [0.1, 0.15) is 22.2 Å². The Balaban J connectivity index is 2.69. The summed E-state index contributed by atoms with van der Waals surface area (Å²) in [5.41, 5.74) is 5.91. The van der Waals surface area contributed by atoms with Crippen molar-refractivity contribution in [2.75, 3.05) is 12.3 Å². The predicted octanol–water partition coefficient (Wildman–Crippen LogP) is 1.53. The van der Waals surface area contributed by atoms with Gasteiger partial charge in [-0.2, -0.15) is 0 Å². The van der Waals surface area contributed by atoms with Gasteiger partial charge in [-0.15, -0.1) is 11.3 Å². The topological polar surface area (TPSA) is 81.4 Å². The Morgan fingerprint density at radius 3 is 2.73 bits per heavy atom. The number of nitrogen functional groups attached to an aromatic ring is 1. The van der Waals surface area contributed by atoms with Gasteiger partial charge in [0.2, 0.25) is 0 Å². The number of nitrogens with one attached hydrogen (secondary N) is 1. The first-order valence-corrected chi connectivity index (χ1v) is 5.20. The summed E-state index contributed by atoms with van der Waals surface area (Å²) in [6.07, 6.45) is -0.759. The summed E-state index contributed by atoms with van der Waals surface area (Å²) in [6.45, 7) is 3.71. The predicted molar refractivity (Wildman–Crippen MR) is 58.0 cm³/mol. The first-order chi connectivity index (χ1) is 7.04. The highest BCUT2D eigenvalue weighted by atomic mass is 32.1. The highest BCUT2D eigenvalue weighted by Crippen LogP contribution is 2.23. The van der Waals surface area contributed by atoms with E-state index in [0.29, 0.717) is 10.6 Å². The number of thiophene rings is 1. The molecule has 0 spiro atoms. The van der Waals surface area contributed by atoms with Crippen molar-refractivity contribution >= 4 is 28.3 Å². The summed E-state index contributed by atoms with van der Waals surface area (Å²) >= 11 is 1.30. The van der Waals surface area contributed by atoms with Crippen LogP contribution in [0.25, 0.3) is 0 Å². The lowest BCUT2D eigenvalue weighted by atomic mass is 10.3.